The number of ether oxygens (including phenoxy) is 1. The lowest BCUT2D eigenvalue weighted by Crippen LogP contribution is -2.39. The van der Waals surface area contributed by atoms with Crippen LogP contribution in [0.15, 0.2) is 23.1 Å². The van der Waals surface area contributed by atoms with Crippen molar-refractivity contribution in [3.8, 4) is 5.75 Å². The van der Waals surface area contributed by atoms with Crippen molar-refractivity contribution in [2.24, 2.45) is 0 Å². The van der Waals surface area contributed by atoms with E-state index < -0.39 is 15.6 Å². The summed E-state index contributed by atoms with van der Waals surface area (Å²) in [6.07, 6.45) is 0. The van der Waals surface area contributed by atoms with Crippen LogP contribution in [0, 0.1) is 6.92 Å². The minimum absolute atomic E-state index is 0.0294. The fourth-order valence-electron chi connectivity index (χ4n) is 1.91. The van der Waals surface area contributed by atoms with Crippen molar-refractivity contribution in [3.63, 3.8) is 0 Å². The van der Waals surface area contributed by atoms with Gasteiger partial charge in [-0.15, -0.1) is 0 Å². The predicted octanol–water partition coefficient (Wildman–Crippen LogP) is 1.79. The molecule has 1 N–H and O–H groups in total. The first-order chi connectivity index (χ1) is 9.08. The second kappa shape index (κ2) is 6.11. The summed E-state index contributed by atoms with van der Waals surface area (Å²) in [5.41, 5.74) is -0.313. The van der Waals surface area contributed by atoms with E-state index in [1.807, 2.05) is 6.92 Å². The number of sulfonamides is 1. The Morgan fingerprint density at radius 3 is 2.40 bits per heavy atom. The fraction of sp³-hybridized carbons (Fsp3) is 0.571. The van der Waals surface area contributed by atoms with Crippen molar-refractivity contribution >= 4 is 10.0 Å². The molecule has 0 aromatic heterocycles. The van der Waals surface area contributed by atoms with Gasteiger partial charge in [-0.25, -0.2) is 8.42 Å². The van der Waals surface area contributed by atoms with E-state index in [0.717, 1.165) is 9.87 Å². The molecule has 6 heteroatoms. The van der Waals surface area contributed by atoms with Gasteiger partial charge in [0.15, 0.2) is 0 Å². The lowest BCUT2D eigenvalue weighted by Gasteiger charge is -2.25. The molecular formula is C14H23NO4S. The maximum Gasteiger partial charge on any atom is 0.242 e. The second-order valence-corrected chi connectivity index (χ2v) is 7.48. The zero-order valence-corrected chi connectivity index (χ0v) is 13.5. The van der Waals surface area contributed by atoms with Crippen molar-refractivity contribution in [1.82, 2.24) is 4.31 Å². The Balaban J connectivity index is 3.07. The third kappa shape index (κ3) is 4.19. The van der Waals surface area contributed by atoms with E-state index in [1.54, 1.807) is 32.9 Å². The number of rotatable bonds is 6. The van der Waals surface area contributed by atoms with E-state index in [-0.39, 0.29) is 11.4 Å². The summed E-state index contributed by atoms with van der Waals surface area (Å²) in [7, 11) is -2.15. The molecule has 1 rings (SSSR count). The van der Waals surface area contributed by atoms with Crippen molar-refractivity contribution in [2.45, 2.75) is 38.2 Å². The smallest absolute Gasteiger partial charge is 0.242 e. The van der Waals surface area contributed by atoms with E-state index in [9.17, 15) is 13.5 Å². The van der Waals surface area contributed by atoms with Crippen molar-refractivity contribution < 1.29 is 18.3 Å². The minimum Gasteiger partial charge on any atom is -0.494 e. The summed E-state index contributed by atoms with van der Waals surface area (Å²) in [5, 5.41) is 9.74. The molecule has 0 atom stereocenters. The highest BCUT2D eigenvalue weighted by Crippen LogP contribution is 2.24. The molecule has 0 saturated carbocycles. The molecule has 0 aliphatic carbocycles. The van der Waals surface area contributed by atoms with Crippen LogP contribution < -0.4 is 4.74 Å². The zero-order chi connectivity index (χ0) is 15.6. The van der Waals surface area contributed by atoms with Gasteiger partial charge < -0.3 is 9.84 Å². The lowest BCUT2D eigenvalue weighted by molar-refractivity contribution is 0.0640. The first kappa shape index (κ1) is 16.9. The fourth-order valence-corrected chi connectivity index (χ4v) is 3.32. The number of likely N-dealkylation sites (N-methyl/N-ethyl adjacent to an activating group) is 1. The number of hydrogen-bond acceptors (Lipinski definition) is 4. The second-order valence-electron chi connectivity index (χ2n) is 5.43. The van der Waals surface area contributed by atoms with Crippen LogP contribution in [0.2, 0.25) is 0 Å². The van der Waals surface area contributed by atoms with Gasteiger partial charge in [0.25, 0.3) is 0 Å². The zero-order valence-electron chi connectivity index (χ0n) is 12.7. The van der Waals surface area contributed by atoms with E-state index in [4.69, 9.17) is 4.74 Å². The summed E-state index contributed by atoms with van der Waals surface area (Å²) in [4.78, 5) is 0.199. The lowest BCUT2D eigenvalue weighted by atomic mass is 10.1. The standard InChI is InChI=1S/C14H23NO4S/c1-6-19-13-8-7-12(9-11(13)2)20(17,18)15(5)10-14(3,4)16/h7-9,16H,6,10H2,1-5H3. The molecule has 0 unspecified atom stereocenters. The highest BCUT2D eigenvalue weighted by atomic mass is 32.2. The topological polar surface area (TPSA) is 66.8 Å². The average Bonchev–Trinajstić information content (AvgIpc) is 2.29. The Bertz CT molecular complexity index is 561. The number of benzene rings is 1. The number of hydrogen-bond donors (Lipinski definition) is 1. The largest absolute Gasteiger partial charge is 0.494 e. The summed E-state index contributed by atoms with van der Waals surface area (Å²) >= 11 is 0. The monoisotopic (exact) mass is 301 g/mol. The molecule has 5 nitrogen and oxygen atoms in total. The van der Waals surface area contributed by atoms with Crippen molar-refractivity contribution in [3.05, 3.63) is 23.8 Å². The van der Waals surface area contributed by atoms with Crippen LogP contribution >= 0.6 is 0 Å². The molecular weight excluding hydrogens is 278 g/mol. The molecule has 0 aliphatic heterocycles. The molecule has 1 aromatic rings. The number of nitrogens with zero attached hydrogens (tertiary/aromatic N) is 1. The van der Waals surface area contributed by atoms with Gasteiger partial charge in [0.2, 0.25) is 10.0 Å². The normalized spacial score (nSPS) is 12.8. The Morgan fingerprint density at radius 1 is 1.35 bits per heavy atom. The van der Waals surface area contributed by atoms with Crippen LogP contribution in [-0.4, -0.2) is 43.6 Å². The molecule has 0 radical (unpaired) electrons. The molecule has 20 heavy (non-hydrogen) atoms. The summed E-state index contributed by atoms with van der Waals surface area (Å²) in [6, 6.07) is 4.76. The molecule has 114 valence electrons. The Kier molecular flexibility index (Phi) is 5.18. The molecule has 0 spiro atoms. The Hall–Kier alpha value is -1.11. The van der Waals surface area contributed by atoms with Crippen molar-refractivity contribution in [2.75, 3.05) is 20.2 Å². The first-order valence-corrected chi connectivity index (χ1v) is 7.94. The molecule has 0 fully saturated rings. The van der Waals surface area contributed by atoms with Gasteiger partial charge in [0, 0.05) is 13.6 Å². The van der Waals surface area contributed by atoms with Gasteiger partial charge in [-0.2, -0.15) is 4.31 Å². The van der Waals surface area contributed by atoms with Gasteiger partial charge in [-0.1, -0.05) is 0 Å². The average molecular weight is 301 g/mol. The molecule has 1 aromatic carbocycles. The summed E-state index contributed by atoms with van der Waals surface area (Å²) < 4.78 is 31.4. The molecule has 0 bridgehead atoms. The van der Waals surface area contributed by atoms with Gasteiger partial charge in [0.1, 0.15) is 5.75 Å². The van der Waals surface area contributed by atoms with E-state index in [2.05, 4.69) is 0 Å². The Morgan fingerprint density at radius 2 is 1.95 bits per heavy atom. The first-order valence-electron chi connectivity index (χ1n) is 6.50. The van der Waals surface area contributed by atoms with Crippen LogP contribution in [0.25, 0.3) is 0 Å². The number of aryl methyl sites for hydroxylation is 1. The predicted molar refractivity (Wildman–Crippen MR) is 78.5 cm³/mol. The number of aliphatic hydroxyl groups is 1. The van der Waals surface area contributed by atoms with Crippen LogP contribution in [0.1, 0.15) is 26.3 Å². The van der Waals surface area contributed by atoms with E-state index in [1.165, 1.54) is 13.1 Å². The van der Waals surface area contributed by atoms with Gasteiger partial charge in [-0.3, -0.25) is 0 Å². The highest BCUT2D eigenvalue weighted by molar-refractivity contribution is 7.89. The summed E-state index contributed by atoms with van der Waals surface area (Å²) in [5.74, 6) is 0.677. The van der Waals surface area contributed by atoms with Gasteiger partial charge >= 0.3 is 0 Å². The minimum atomic E-state index is -3.61. The van der Waals surface area contributed by atoms with Gasteiger partial charge in [-0.05, 0) is 51.5 Å². The quantitative estimate of drug-likeness (QED) is 0.870. The molecule has 0 saturated heterocycles. The van der Waals surface area contributed by atoms with Crippen LogP contribution in [0.5, 0.6) is 5.75 Å². The molecule has 0 amide bonds. The third-order valence-electron chi connectivity index (χ3n) is 2.76. The third-order valence-corrected chi connectivity index (χ3v) is 4.56. The molecule has 0 aliphatic rings. The summed E-state index contributed by atoms with van der Waals surface area (Å²) in [6.45, 7) is 7.39. The highest BCUT2D eigenvalue weighted by Gasteiger charge is 2.26. The van der Waals surface area contributed by atoms with Gasteiger partial charge in [0.05, 0.1) is 17.1 Å². The van der Waals surface area contributed by atoms with E-state index in [0.29, 0.717) is 12.4 Å². The van der Waals surface area contributed by atoms with Crippen molar-refractivity contribution in [1.29, 1.82) is 0 Å². The Labute approximate surface area is 121 Å². The van der Waals surface area contributed by atoms with Crippen LogP contribution in [0.4, 0.5) is 0 Å². The van der Waals surface area contributed by atoms with Crippen LogP contribution in [-0.2, 0) is 10.0 Å². The maximum atomic E-state index is 12.4. The maximum absolute atomic E-state index is 12.4. The SMILES string of the molecule is CCOc1ccc(S(=O)(=O)N(C)CC(C)(C)O)cc1C. The molecule has 0 heterocycles. The van der Waals surface area contributed by atoms with Crippen LogP contribution in [0.3, 0.4) is 0 Å². The van der Waals surface area contributed by atoms with E-state index >= 15 is 0 Å².